The molecule has 54 valence electrons. The molecule has 0 spiro atoms. The van der Waals surface area contributed by atoms with Gasteiger partial charge in [-0.2, -0.15) is 0 Å². The third-order valence-corrected chi connectivity index (χ3v) is 0. The Morgan fingerprint density at radius 2 is 0.500 bits per heavy atom. The quantitative estimate of drug-likeness (QED) is 0.437. The van der Waals surface area contributed by atoms with Crippen molar-refractivity contribution in [1.82, 2.24) is 0 Å². The largest absolute Gasteiger partial charge is 3.00 e. The number of rotatable bonds is 0. The number of nitrogens with zero attached hydrogens (tertiary/aromatic N) is 4. The van der Waals surface area contributed by atoms with Gasteiger partial charge in [0.2, 0.25) is 0 Å². The van der Waals surface area contributed by atoms with Crippen molar-refractivity contribution in [1.29, 1.82) is 21.0 Å². The second kappa shape index (κ2) is 293. The summed E-state index contributed by atoms with van der Waals surface area (Å²) in [7, 11) is 0. The van der Waals surface area contributed by atoms with E-state index in [0.717, 1.165) is 0 Å². The Hall–Kier alpha value is -1.13. The van der Waals surface area contributed by atoms with Gasteiger partial charge >= 0.3 is 19.5 Å². The summed E-state index contributed by atoms with van der Waals surface area (Å²) < 4.78 is 0. The molecule has 0 bridgehead atoms. The summed E-state index contributed by atoms with van der Waals surface area (Å²) in [5.41, 5.74) is 0. The fourth-order valence-corrected chi connectivity index (χ4v) is 0. The van der Waals surface area contributed by atoms with Crippen LogP contribution in [-0.2, 0) is 19.5 Å². The van der Waals surface area contributed by atoms with Gasteiger partial charge in [-0.15, -0.1) is 0 Å². The Morgan fingerprint density at radius 1 is 0.500 bits per heavy atom. The predicted octanol–water partition coefficient (Wildman–Crippen LogP) is -0.152. The number of hydrogen-bond acceptors (Lipinski definition) is 4. The molecule has 4 nitrogen and oxygen atoms in total. The van der Waals surface area contributed by atoms with E-state index in [1.165, 1.54) is 0 Å². The molecule has 0 atom stereocenters. The van der Waals surface area contributed by atoms with Crippen LogP contribution in [0.25, 0.3) is 0 Å². The average Bonchev–Trinajstić information content (AvgIpc) is 2.03. The molecule has 0 unspecified atom stereocenters. The maximum atomic E-state index is 6.25. The molecule has 0 aliphatic carbocycles. The molecule has 6 heteroatoms. The van der Waals surface area contributed by atoms with Gasteiger partial charge in [-0.1, -0.05) is 0 Å². The van der Waals surface area contributed by atoms with E-state index >= 15 is 0 Å². The first-order valence-electron chi connectivity index (χ1n) is 0.894. The SMILES string of the molecule is [C-]#N.[C-]#N.[C-]#N.[C-]#N.[ClH2+].[Rh+3]. The van der Waals surface area contributed by atoms with E-state index in [1.807, 2.05) is 0 Å². The van der Waals surface area contributed by atoms with Crippen molar-refractivity contribution < 1.29 is 31.9 Å². The van der Waals surface area contributed by atoms with E-state index in [-0.39, 0.29) is 31.9 Å². The van der Waals surface area contributed by atoms with Gasteiger partial charge in [-0.05, 0) is 0 Å². The van der Waals surface area contributed by atoms with Gasteiger partial charge in [0.05, 0.1) is 12.4 Å². The molecule has 0 saturated heterocycles. The third-order valence-electron chi connectivity index (χ3n) is 0. The number of halogens is 1. The zero-order valence-electron chi connectivity index (χ0n) is 4.57. The van der Waals surface area contributed by atoms with Gasteiger partial charge in [0.1, 0.15) is 0 Å². The van der Waals surface area contributed by atoms with Crippen molar-refractivity contribution in [2.24, 2.45) is 0 Å². The van der Waals surface area contributed by atoms with Crippen LogP contribution in [0.5, 0.6) is 0 Å². The van der Waals surface area contributed by atoms with E-state index < -0.39 is 0 Å². The Kier molecular flexibility index (Phi) is 1950. The molecule has 0 aromatic carbocycles. The maximum Gasteiger partial charge on any atom is 3.00 e. The molecule has 0 N–H and O–H groups in total. The van der Waals surface area contributed by atoms with Gasteiger partial charge < -0.3 is 47.3 Å². The van der Waals surface area contributed by atoms with E-state index in [4.69, 9.17) is 47.3 Å². The van der Waals surface area contributed by atoms with Gasteiger partial charge in [0.15, 0.2) is 0 Å². The third kappa shape index (κ3) is 187. The Balaban J connectivity index is -0.00000000500. The Labute approximate surface area is 79.5 Å². The van der Waals surface area contributed by atoms with Gasteiger partial charge in [-0.25, -0.2) is 0 Å². The summed E-state index contributed by atoms with van der Waals surface area (Å²) in [4.78, 5) is 0. The summed E-state index contributed by atoms with van der Waals surface area (Å²) >= 11 is 0. The van der Waals surface area contributed by atoms with Crippen molar-refractivity contribution in [2.75, 3.05) is 0 Å². The van der Waals surface area contributed by atoms with Crippen molar-refractivity contribution >= 4 is 0 Å². The Morgan fingerprint density at radius 3 is 0.500 bits per heavy atom. The first kappa shape index (κ1) is 66.6. The standard InChI is InChI=1S/4CN.ClH2.Rh/c4*1-2;;/h;;;;1H2;/q4*-1;+1;+3. The zero-order valence-corrected chi connectivity index (χ0v) is 7.10. The molecule has 10 heavy (non-hydrogen) atoms. The second-order valence-electron chi connectivity index (χ2n) is 0. The molecular weight excluding hydrogens is 242 g/mol. The van der Waals surface area contributed by atoms with Crippen molar-refractivity contribution in [3.8, 4) is 0 Å². The van der Waals surface area contributed by atoms with Crippen LogP contribution < -0.4 is 0 Å². The Bertz CT molecular complexity index is 60.2. The van der Waals surface area contributed by atoms with Crippen LogP contribution in [0.3, 0.4) is 0 Å². The monoisotopic (exact) mass is 244 g/mol. The summed E-state index contributed by atoms with van der Waals surface area (Å²) in [6.07, 6.45) is 0. The minimum absolute atomic E-state index is 0. The summed E-state index contributed by atoms with van der Waals surface area (Å²) in [6.45, 7) is 19.0. The van der Waals surface area contributed by atoms with Crippen LogP contribution in [-0.4, -0.2) is 0 Å². The molecule has 0 aliphatic heterocycles. The second-order valence-corrected chi connectivity index (χ2v) is 0. The smallest absolute Gasteiger partial charge is 0.512 e. The first-order valence-corrected chi connectivity index (χ1v) is 0.894. The summed E-state index contributed by atoms with van der Waals surface area (Å²) in [5, 5.41) is 25.0. The minimum Gasteiger partial charge on any atom is -0.512 e. The summed E-state index contributed by atoms with van der Waals surface area (Å²) in [6, 6.07) is 0. The molecule has 0 aliphatic rings. The normalized spacial score (nSPS) is 0.800. The van der Waals surface area contributed by atoms with E-state index in [0.29, 0.717) is 0 Å². The molecule has 0 saturated carbocycles. The average molecular weight is 244 g/mol. The van der Waals surface area contributed by atoms with Crippen molar-refractivity contribution in [3.63, 3.8) is 0 Å². The van der Waals surface area contributed by atoms with E-state index in [9.17, 15) is 0 Å². The van der Waals surface area contributed by atoms with Crippen LogP contribution >= 0.6 is 0 Å². The molecule has 0 radical (unpaired) electrons. The minimum atomic E-state index is 0. The summed E-state index contributed by atoms with van der Waals surface area (Å²) in [5.74, 6) is 0. The van der Waals surface area contributed by atoms with Crippen LogP contribution in [0.2, 0.25) is 0 Å². The fourth-order valence-electron chi connectivity index (χ4n) is 0. The molecule has 0 fully saturated rings. The van der Waals surface area contributed by atoms with E-state index in [1.54, 1.807) is 0 Å². The van der Waals surface area contributed by atoms with Crippen molar-refractivity contribution in [3.05, 3.63) is 26.3 Å². The van der Waals surface area contributed by atoms with Crippen LogP contribution in [0.1, 0.15) is 0 Å². The molecule has 0 aromatic rings. The topological polar surface area (TPSA) is 95.2 Å². The fraction of sp³-hybridized carbons (Fsp3) is 0. The molecule has 0 rings (SSSR count). The zero-order chi connectivity index (χ0) is 8.00. The van der Waals surface area contributed by atoms with Crippen LogP contribution in [0.4, 0.5) is 0 Å². The number of hydrogen-bond donors (Lipinski definition) is 0. The molecule has 0 amide bonds. The van der Waals surface area contributed by atoms with Gasteiger partial charge in [0, 0.05) is 0 Å². The van der Waals surface area contributed by atoms with Crippen molar-refractivity contribution in [2.45, 2.75) is 0 Å². The van der Waals surface area contributed by atoms with E-state index in [2.05, 4.69) is 0 Å². The van der Waals surface area contributed by atoms with Crippen LogP contribution in [0.15, 0.2) is 0 Å². The van der Waals surface area contributed by atoms with Gasteiger partial charge in [0.25, 0.3) is 0 Å². The maximum absolute atomic E-state index is 6.25. The molecule has 0 aromatic heterocycles. The molecule has 0 heterocycles. The molecular formula is C4H2ClN4Rh. The van der Waals surface area contributed by atoms with Crippen LogP contribution in [0, 0.1) is 59.7 Å². The first-order chi connectivity index (χ1) is 4.00. The predicted molar refractivity (Wildman–Crippen MR) is 22.7 cm³/mol. The van der Waals surface area contributed by atoms with Gasteiger partial charge in [-0.3, -0.25) is 0 Å².